The summed E-state index contributed by atoms with van der Waals surface area (Å²) in [6.07, 6.45) is 3.80. The summed E-state index contributed by atoms with van der Waals surface area (Å²) >= 11 is 0. The molecule has 0 aliphatic carbocycles. The maximum atomic E-state index is 13.4. The molecule has 154 valence electrons. The third-order valence-electron chi connectivity index (χ3n) is 4.62. The van der Waals surface area contributed by atoms with Crippen molar-refractivity contribution in [3.63, 3.8) is 0 Å². The van der Waals surface area contributed by atoms with Gasteiger partial charge >= 0.3 is 0 Å². The molecule has 0 aliphatic rings. The lowest BCUT2D eigenvalue weighted by Crippen LogP contribution is -2.15. The molecule has 6 nitrogen and oxygen atoms in total. The van der Waals surface area contributed by atoms with Gasteiger partial charge in [0.2, 0.25) is 10.0 Å². The molecular weight excluding hydrogens is 405 g/mol. The Hall–Kier alpha value is -3.39. The van der Waals surface area contributed by atoms with Gasteiger partial charge < -0.3 is 9.14 Å². The lowest BCUT2D eigenvalue weighted by atomic mass is 10.1. The van der Waals surface area contributed by atoms with Crippen molar-refractivity contribution < 1.29 is 17.5 Å². The molecule has 4 aromatic rings. The van der Waals surface area contributed by atoms with E-state index >= 15 is 0 Å². The molecule has 0 unspecified atom stereocenters. The number of benzene rings is 2. The molecule has 2 aromatic heterocycles. The van der Waals surface area contributed by atoms with Crippen LogP contribution in [0.5, 0.6) is 5.75 Å². The fourth-order valence-corrected chi connectivity index (χ4v) is 4.40. The number of pyridine rings is 1. The Bertz CT molecular complexity index is 1330. The molecule has 0 atom stereocenters. The number of aryl methyl sites for hydroxylation is 1. The van der Waals surface area contributed by atoms with Crippen molar-refractivity contribution >= 4 is 21.4 Å². The molecule has 0 spiro atoms. The van der Waals surface area contributed by atoms with Crippen molar-refractivity contribution in [3.8, 4) is 17.0 Å². The molecule has 8 heteroatoms. The zero-order valence-electron chi connectivity index (χ0n) is 16.5. The molecule has 0 radical (unpaired) electrons. The Labute approximate surface area is 174 Å². The third-order valence-corrected chi connectivity index (χ3v) is 5.87. The molecular formula is C22H20FN3O3S. The molecule has 0 aliphatic heterocycles. The van der Waals surface area contributed by atoms with Crippen LogP contribution in [-0.4, -0.2) is 24.9 Å². The van der Waals surface area contributed by atoms with Gasteiger partial charge in [-0.3, -0.25) is 4.72 Å². The number of hydrogen-bond donors (Lipinski definition) is 1. The first-order valence-electron chi connectivity index (χ1n) is 9.22. The molecule has 30 heavy (non-hydrogen) atoms. The normalized spacial score (nSPS) is 11.6. The Morgan fingerprint density at radius 2 is 1.97 bits per heavy atom. The summed E-state index contributed by atoms with van der Waals surface area (Å²) in [6, 6.07) is 14.6. The lowest BCUT2D eigenvalue weighted by Gasteiger charge is -2.13. The van der Waals surface area contributed by atoms with Crippen LogP contribution < -0.4 is 9.46 Å². The second-order valence-corrected chi connectivity index (χ2v) is 8.72. The number of fused-ring (bicyclic) bond motifs is 1. The number of ether oxygens (including phenoxy) is 1. The van der Waals surface area contributed by atoms with Crippen molar-refractivity contribution in [3.05, 3.63) is 83.9 Å². The van der Waals surface area contributed by atoms with E-state index in [4.69, 9.17) is 4.74 Å². The fraction of sp³-hybridized carbons (Fsp3) is 0.136. The van der Waals surface area contributed by atoms with E-state index in [1.165, 1.54) is 25.3 Å². The average Bonchev–Trinajstić information content (AvgIpc) is 3.10. The van der Waals surface area contributed by atoms with Gasteiger partial charge in [-0.2, -0.15) is 0 Å². The number of halogens is 1. The van der Waals surface area contributed by atoms with Crippen LogP contribution >= 0.6 is 0 Å². The van der Waals surface area contributed by atoms with Gasteiger partial charge in [-0.1, -0.05) is 12.1 Å². The molecule has 1 N–H and O–H groups in total. The standard InChI is InChI=1S/C22H20FN3O3S/c1-15-8-9-26-13-20(24-22(26)10-15)17-6-7-21(29-2)19(12-17)25-30(27,28)14-16-4-3-5-18(23)11-16/h3-13,25H,14H2,1-2H3. The fourth-order valence-electron chi connectivity index (χ4n) is 3.22. The summed E-state index contributed by atoms with van der Waals surface area (Å²) in [6.45, 7) is 1.99. The number of sulfonamides is 1. The van der Waals surface area contributed by atoms with Crippen LogP contribution in [0.4, 0.5) is 10.1 Å². The average molecular weight is 425 g/mol. The molecule has 0 saturated heterocycles. The first-order valence-corrected chi connectivity index (χ1v) is 10.9. The van der Waals surface area contributed by atoms with E-state index in [0.29, 0.717) is 22.7 Å². The Morgan fingerprint density at radius 1 is 1.13 bits per heavy atom. The minimum absolute atomic E-state index is 0.291. The van der Waals surface area contributed by atoms with E-state index in [2.05, 4.69) is 9.71 Å². The first kappa shape index (κ1) is 19.9. The number of rotatable bonds is 6. The van der Waals surface area contributed by atoms with E-state index < -0.39 is 15.8 Å². The van der Waals surface area contributed by atoms with Gasteiger partial charge in [0, 0.05) is 18.0 Å². The minimum atomic E-state index is -3.79. The van der Waals surface area contributed by atoms with Gasteiger partial charge in [-0.15, -0.1) is 0 Å². The highest BCUT2D eigenvalue weighted by Crippen LogP contribution is 2.31. The molecule has 2 aromatic carbocycles. The lowest BCUT2D eigenvalue weighted by molar-refractivity contribution is 0.417. The zero-order valence-corrected chi connectivity index (χ0v) is 17.3. The first-order chi connectivity index (χ1) is 14.3. The predicted octanol–water partition coefficient (Wildman–Crippen LogP) is 4.40. The van der Waals surface area contributed by atoms with E-state index in [9.17, 15) is 12.8 Å². The second-order valence-electron chi connectivity index (χ2n) is 7.00. The van der Waals surface area contributed by atoms with Crippen LogP contribution in [0, 0.1) is 12.7 Å². The number of nitrogens with one attached hydrogen (secondary N) is 1. The van der Waals surface area contributed by atoms with Crippen LogP contribution in [0.25, 0.3) is 16.9 Å². The van der Waals surface area contributed by atoms with Gasteiger partial charge in [0.1, 0.15) is 17.2 Å². The highest BCUT2D eigenvalue weighted by atomic mass is 32.2. The van der Waals surface area contributed by atoms with Crippen molar-refractivity contribution in [2.75, 3.05) is 11.8 Å². The third kappa shape index (κ3) is 4.28. The summed E-state index contributed by atoms with van der Waals surface area (Å²) in [7, 11) is -2.32. The minimum Gasteiger partial charge on any atom is -0.495 e. The van der Waals surface area contributed by atoms with Crippen molar-refractivity contribution in [1.29, 1.82) is 0 Å². The Morgan fingerprint density at radius 3 is 2.73 bits per heavy atom. The summed E-state index contributed by atoms with van der Waals surface area (Å²) < 4.78 is 48.5. The number of aromatic nitrogens is 2. The van der Waals surface area contributed by atoms with Gasteiger partial charge in [0.05, 0.1) is 24.2 Å². The molecule has 0 bridgehead atoms. The van der Waals surface area contributed by atoms with Gasteiger partial charge in [-0.25, -0.2) is 17.8 Å². The molecule has 0 saturated carbocycles. The smallest absolute Gasteiger partial charge is 0.237 e. The molecule has 2 heterocycles. The number of hydrogen-bond acceptors (Lipinski definition) is 4. The van der Waals surface area contributed by atoms with Crippen molar-refractivity contribution in [1.82, 2.24) is 9.38 Å². The Kier molecular flexibility index (Phi) is 5.17. The quantitative estimate of drug-likeness (QED) is 0.497. The van der Waals surface area contributed by atoms with E-state index in [-0.39, 0.29) is 5.75 Å². The summed E-state index contributed by atoms with van der Waals surface area (Å²) in [5.74, 6) is -0.461. The number of anilines is 1. The largest absolute Gasteiger partial charge is 0.495 e. The highest BCUT2D eigenvalue weighted by molar-refractivity contribution is 7.91. The Balaban J connectivity index is 1.66. The SMILES string of the molecule is COc1ccc(-c2cn3ccc(C)cc3n2)cc1NS(=O)(=O)Cc1cccc(F)c1. The summed E-state index contributed by atoms with van der Waals surface area (Å²) in [5, 5.41) is 0. The van der Waals surface area contributed by atoms with Crippen molar-refractivity contribution in [2.45, 2.75) is 12.7 Å². The van der Waals surface area contributed by atoms with Crippen LogP contribution in [0.3, 0.4) is 0 Å². The van der Waals surface area contributed by atoms with Gasteiger partial charge in [0.25, 0.3) is 0 Å². The number of nitrogens with zero attached hydrogens (tertiary/aromatic N) is 2. The zero-order chi connectivity index (χ0) is 21.3. The topological polar surface area (TPSA) is 72.7 Å². The summed E-state index contributed by atoms with van der Waals surface area (Å²) in [4.78, 5) is 4.62. The van der Waals surface area contributed by atoms with Crippen molar-refractivity contribution in [2.24, 2.45) is 0 Å². The van der Waals surface area contributed by atoms with Crippen LogP contribution in [0.2, 0.25) is 0 Å². The van der Waals surface area contributed by atoms with Gasteiger partial charge in [-0.05, 0) is 60.5 Å². The maximum absolute atomic E-state index is 13.4. The highest BCUT2D eigenvalue weighted by Gasteiger charge is 2.17. The monoisotopic (exact) mass is 425 g/mol. The summed E-state index contributed by atoms with van der Waals surface area (Å²) in [5.41, 5.74) is 3.98. The van der Waals surface area contributed by atoms with Crippen LogP contribution in [-0.2, 0) is 15.8 Å². The molecule has 0 fully saturated rings. The van der Waals surface area contributed by atoms with E-state index in [1.807, 2.05) is 41.9 Å². The molecule has 0 amide bonds. The van der Waals surface area contributed by atoms with Gasteiger partial charge in [0.15, 0.2) is 0 Å². The second kappa shape index (κ2) is 7.79. The van der Waals surface area contributed by atoms with E-state index in [0.717, 1.165) is 16.8 Å². The maximum Gasteiger partial charge on any atom is 0.237 e. The van der Waals surface area contributed by atoms with Crippen LogP contribution in [0.15, 0.2) is 67.0 Å². The predicted molar refractivity (Wildman–Crippen MR) is 115 cm³/mol. The van der Waals surface area contributed by atoms with Crippen LogP contribution in [0.1, 0.15) is 11.1 Å². The number of methoxy groups -OCH3 is 1. The van der Waals surface area contributed by atoms with E-state index in [1.54, 1.807) is 18.2 Å². The molecule has 4 rings (SSSR count). The number of imidazole rings is 1.